The van der Waals surface area contributed by atoms with Crippen molar-refractivity contribution in [1.82, 2.24) is 19.3 Å². The van der Waals surface area contributed by atoms with Gasteiger partial charge in [0.05, 0.1) is 35.3 Å². The quantitative estimate of drug-likeness (QED) is 0.778. The number of nitrogens with zero attached hydrogens (tertiary/aromatic N) is 4. The number of carbonyl (C=O) groups excluding carboxylic acids is 1. The Bertz CT molecular complexity index is 980. The minimum atomic E-state index is -0.257. The average molecular weight is 357 g/mol. The first-order valence-corrected chi connectivity index (χ1v) is 9.28. The van der Waals surface area contributed by atoms with E-state index in [0.717, 1.165) is 18.5 Å². The lowest BCUT2D eigenvalue weighted by molar-refractivity contribution is -0.116. The van der Waals surface area contributed by atoms with Gasteiger partial charge < -0.3 is 5.32 Å². The predicted octanol–water partition coefficient (Wildman–Crippen LogP) is 2.72. The predicted molar refractivity (Wildman–Crippen MR) is 97.0 cm³/mol. The molecule has 1 saturated carbocycles. The molecule has 3 aromatic heterocycles. The summed E-state index contributed by atoms with van der Waals surface area (Å²) in [7, 11) is 0. The molecule has 7 nitrogen and oxygen atoms in total. The Labute approximate surface area is 148 Å². The monoisotopic (exact) mass is 357 g/mol. The number of hydrogen-bond acceptors (Lipinski definition) is 5. The molecule has 1 amide bonds. The zero-order valence-electron chi connectivity index (χ0n) is 13.9. The van der Waals surface area contributed by atoms with Gasteiger partial charge in [-0.1, -0.05) is 12.8 Å². The van der Waals surface area contributed by atoms with Crippen LogP contribution >= 0.6 is 11.3 Å². The average Bonchev–Trinajstić information content (AvgIpc) is 3.32. The van der Waals surface area contributed by atoms with E-state index < -0.39 is 0 Å². The van der Waals surface area contributed by atoms with Gasteiger partial charge in [0, 0.05) is 0 Å². The van der Waals surface area contributed by atoms with Crippen molar-refractivity contribution in [3.05, 3.63) is 40.0 Å². The summed E-state index contributed by atoms with van der Waals surface area (Å²) in [5.74, 6) is -0.257. The van der Waals surface area contributed by atoms with Crippen LogP contribution in [0.2, 0.25) is 0 Å². The second kappa shape index (κ2) is 6.44. The third-order valence-corrected chi connectivity index (χ3v) is 5.57. The molecule has 0 radical (unpaired) electrons. The molecule has 0 saturated heterocycles. The topological polar surface area (TPSA) is 81.8 Å². The molecule has 4 rings (SSSR count). The lowest BCUT2D eigenvalue weighted by Crippen LogP contribution is -2.27. The van der Waals surface area contributed by atoms with E-state index in [0.29, 0.717) is 21.9 Å². The van der Waals surface area contributed by atoms with Crippen LogP contribution in [0.25, 0.3) is 10.2 Å². The van der Waals surface area contributed by atoms with Gasteiger partial charge in [0.1, 0.15) is 11.4 Å². The standard InChI is InChI=1S/C17H19N5O2S/c1-11-14(8-19-22(11)12-4-2-3-5-12)20-15(23)9-21-10-18-16-13(17(21)24)6-7-25-16/h6-8,10,12H,2-5,9H2,1H3,(H,20,23). The summed E-state index contributed by atoms with van der Waals surface area (Å²) in [6.45, 7) is 1.90. The van der Waals surface area contributed by atoms with E-state index in [9.17, 15) is 9.59 Å². The highest BCUT2D eigenvalue weighted by molar-refractivity contribution is 7.16. The molecule has 0 unspecified atom stereocenters. The van der Waals surface area contributed by atoms with Gasteiger partial charge in [-0.05, 0) is 31.2 Å². The smallest absolute Gasteiger partial charge is 0.262 e. The van der Waals surface area contributed by atoms with Crippen molar-refractivity contribution in [3.63, 3.8) is 0 Å². The second-order valence-corrected chi connectivity index (χ2v) is 7.29. The van der Waals surface area contributed by atoms with Crippen LogP contribution < -0.4 is 10.9 Å². The third-order valence-electron chi connectivity index (χ3n) is 4.75. The van der Waals surface area contributed by atoms with E-state index in [1.165, 1.54) is 35.1 Å². The molecule has 8 heteroatoms. The van der Waals surface area contributed by atoms with Gasteiger partial charge in [-0.3, -0.25) is 18.8 Å². The molecule has 0 atom stereocenters. The Kier molecular flexibility index (Phi) is 4.12. The molecule has 130 valence electrons. The van der Waals surface area contributed by atoms with Crippen LogP contribution in [0.4, 0.5) is 5.69 Å². The highest BCUT2D eigenvalue weighted by Crippen LogP contribution is 2.31. The van der Waals surface area contributed by atoms with Crippen molar-refractivity contribution < 1.29 is 4.79 Å². The van der Waals surface area contributed by atoms with Crippen molar-refractivity contribution >= 4 is 33.1 Å². The van der Waals surface area contributed by atoms with Crippen LogP contribution in [0, 0.1) is 6.92 Å². The van der Waals surface area contributed by atoms with Crippen molar-refractivity contribution in [3.8, 4) is 0 Å². The van der Waals surface area contributed by atoms with Crippen molar-refractivity contribution in [1.29, 1.82) is 0 Å². The summed E-state index contributed by atoms with van der Waals surface area (Å²) < 4.78 is 3.34. The molecule has 0 bridgehead atoms. The summed E-state index contributed by atoms with van der Waals surface area (Å²) in [5, 5.41) is 9.67. The molecule has 3 heterocycles. The van der Waals surface area contributed by atoms with Crippen LogP contribution in [-0.4, -0.2) is 25.2 Å². The molecule has 25 heavy (non-hydrogen) atoms. The number of fused-ring (bicyclic) bond motifs is 1. The molecule has 1 fully saturated rings. The van der Waals surface area contributed by atoms with E-state index in [2.05, 4.69) is 15.4 Å². The van der Waals surface area contributed by atoms with Gasteiger partial charge in [0.15, 0.2) is 0 Å². The minimum absolute atomic E-state index is 0.0638. The molecule has 3 aromatic rings. The normalized spacial score (nSPS) is 15.1. The number of hydrogen-bond donors (Lipinski definition) is 1. The van der Waals surface area contributed by atoms with Gasteiger partial charge in [-0.2, -0.15) is 5.10 Å². The highest BCUT2D eigenvalue weighted by Gasteiger charge is 2.21. The Morgan fingerprint density at radius 2 is 2.20 bits per heavy atom. The fraction of sp³-hybridized carbons (Fsp3) is 0.412. The number of thiophene rings is 1. The summed E-state index contributed by atoms with van der Waals surface area (Å²) in [6, 6.07) is 2.16. The molecule has 0 aromatic carbocycles. The Balaban J connectivity index is 1.50. The first kappa shape index (κ1) is 16.0. The molecule has 1 aliphatic carbocycles. The summed E-state index contributed by atoms with van der Waals surface area (Å²) in [6.07, 6.45) is 7.85. The van der Waals surface area contributed by atoms with Gasteiger partial charge >= 0.3 is 0 Å². The molecule has 1 aliphatic rings. The van der Waals surface area contributed by atoms with Crippen LogP contribution in [0.3, 0.4) is 0 Å². The molecule has 0 spiro atoms. The first-order valence-electron chi connectivity index (χ1n) is 8.40. The number of carbonyl (C=O) groups is 1. The lowest BCUT2D eigenvalue weighted by atomic mass is 10.2. The van der Waals surface area contributed by atoms with Crippen LogP contribution in [0.1, 0.15) is 37.4 Å². The number of nitrogens with one attached hydrogen (secondary N) is 1. The SMILES string of the molecule is Cc1c(NC(=O)Cn2cnc3sccc3c2=O)cnn1C1CCCC1. The fourth-order valence-electron chi connectivity index (χ4n) is 3.41. The number of aromatic nitrogens is 4. The maximum atomic E-state index is 12.4. The van der Waals surface area contributed by atoms with Crippen molar-refractivity contribution in [2.24, 2.45) is 0 Å². The summed E-state index contributed by atoms with van der Waals surface area (Å²) in [5.41, 5.74) is 1.47. The van der Waals surface area contributed by atoms with E-state index in [1.54, 1.807) is 12.3 Å². The highest BCUT2D eigenvalue weighted by atomic mass is 32.1. The molecular weight excluding hydrogens is 338 g/mol. The first-order chi connectivity index (χ1) is 12.1. The van der Waals surface area contributed by atoms with Crippen LogP contribution in [0.5, 0.6) is 0 Å². The molecule has 0 aliphatic heterocycles. The second-order valence-electron chi connectivity index (χ2n) is 6.39. The van der Waals surface area contributed by atoms with Gasteiger partial charge in [-0.15, -0.1) is 11.3 Å². The Hall–Kier alpha value is -2.48. The number of amides is 1. The zero-order valence-corrected chi connectivity index (χ0v) is 14.8. The summed E-state index contributed by atoms with van der Waals surface area (Å²) in [4.78, 5) is 29.6. The Morgan fingerprint density at radius 3 is 3.00 bits per heavy atom. The maximum absolute atomic E-state index is 12.4. The maximum Gasteiger partial charge on any atom is 0.262 e. The van der Waals surface area contributed by atoms with Crippen LogP contribution in [-0.2, 0) is 11.3 Å². The Morgan fingerprint density at radius 1 is 1.40 bits per heavy atom. The minimum Gasteiger partial charge on any atom is -0.322 e. The number of anilines is 1. The van der Waals surface area contributed by atoms with E-state index in [4.69, 9.17) is 0 Å². The van der Waals surface area contributed by atoms with Gasteiger partial charge in [0.25, 0.3) is 5.56 Å². The van der Waals surface area contributed by atoms with E-state index >= 15 is 0 Å². The fourth-order valence-corrected chi connectivity index (χ4v) is 4.14. The van der Waals surface area contributed by atoms with Gasteiger partial charge in [0.2, 0.25) is 5.91 Å². The number of rotatable bonds is 4. The van der Waals surface area contributed by atoms with E-state index in [-0.39, 0.29) is 18.0 Å². The summed E-state index contributed by atoms with van der Waals surface area (Å²) >= 11 is 1.41. The zero-order chi connectivity index (χ0) is 17.4. The van der Waals surface area contributed by atoms with E-state index in [1.807, 2.05) is 17.0 Å². The third kappa shape index (κ3) is 2.97. The largest absolute Gasteiger partial charge is 0.322 e. The molecular formula is C17H19N5O2S. The van der Waals surface area contributed by atoms with Crippen molar-refractivity contribution in [2.75, 3.05) is 5.32 Å². The lowest BCUT2D eigenvalue weighted by Gasteiger charge is -2.13. The van der Waals surface area contributed by atoms with Crippen LogP contribution in [0.15, 0.2) is 28.8 Å². The van der Waals surface area contributed by atoms with Gasteiger partial charge in [-0.25, -0.2) is 4.98 Å². The molecule has 1 N–H and O–H groups in total. The van der Waals surface area contributed by atoms with Crippen molar-refractivity contribution in [2.45, 2.75) is 45.2 Å².